The summed E-state index contributed by atoms with van der Waals surface area (Å²) in [5.41, 5.74) is -0.221. The van der Waals surface area contributed by atoms with Crippen LogP contribution in [0.15, 0.2) is 72.8 Å². The van der Waals surface area contributed by atoms with Crippen molar-refractivity contribution < 1.29 is 4.79 Å². The number of fused-ring (bicyclic) bond motifs is 2. The maximum Gasteiger partial charge on any atom is 0.262 e. The maximum absolute atomic E-state index is 9.82. The normalized spacial score (nSPS) is 9.52. The lowest BCUT2D eigenvalue weighted by Crippen LogP contribution is -1.84. The molecule has 3 aromatic rings. The van der Waals surface area contributed by atoms with Crippen molar-refractivity contribution >= 4 is 38.4 Å². The van der Waals surface area contributed by atoms with Gasteiger partial charge in [0.15, 0.2) is 0 Å². The minimum Gasteiger partial charge on any atom is -0.275 e. The number of hydrogen-bond acceptors (Lipinski definition) is 2. The lowest BCUT2D eigenvalue weighted by atomic mass is 10.0. The molecule has 0 fully saturated rings. The largest absolute Gasteiger partial charge is 0.275 e. The zero-order valence-electron chi connectivity index (χ0n) is 11.2. The summed E-state index contributed by atoms with van der Waals surface area (Å²) in [5, 5.41) is 12.3. The van der Waals surface area contributed by atoms with E-state index in [1.54, 1.807) is 0 Å². The highest BCUT2D eigenvalue weighted by Gasteiger charge is 1.97. The summed E-state index contributed by atoms with van der Waals surface area (Å²) < 4.78 is 0. The Morgan fingerprint density at radius 2 is 1.24 bits per heavy atom. The first kappa shape index (κ1) is 14.8. The quantitative estimate of drug-likeness (QED) is 0.279. The molecule has 0 atom stereocenters. The summed E-state index contributed by atoms with van der Waals surface area (Å²) in [6.07, 6.45) is 0. The molecule has 0 bridgehead atoms. The van der Waals surface area contributed by atoms with Crippen LogP contribution in [0, 0.1) is 11.3 Å². The number of benzene rings is 3. The van der Waals surface area contributed by atoms with Crippen LogP contribution in [0.4, 0.5) is 0 Å². The van der Waals surface area contributed by atoms with Crippen molar-refractivity contribution in [1.82, 2.24) is 0 Å². The zero-order valence-corrected chi connectivity index (χ0v) is 12.0. The Labute approximate surface area is 127 Å². The Balaban J connectivity index is 0.000000199. The SMILES string of the molecule is C=C(C#N)C(=O)Cl.c1ccc2cc3ccccc3cc2c1. The second-order valence-electron chi connectivity index (χ2n) is 4.41. The van der Waals surface area contributed by atoms with E-state index in [2.05, 4.69) is 67.2 Å². The summed E-state index contributed by atoms with van der Waals surface area (Å²) in [4.78, 5) is 9.82. The first-order valence-corrected chi connectivity index (χ1v) is 6.66. The third-order valence-electron chi connectivity index (χ3n) is 2.99. The Kier molecular flexibility index (Phi) is 4.71. The van der Waals surface area contributed by atoms with Crippen molar-refractivity contribution in [3.63, 3.8) is 0 Å². The summed E-state index contributed by atoms with van der Waals surface area (Å²) in [7, 11) is 0. The molecule has 0 radical (unpaired) electrons. The van der Waals surface area contributed by atoms with Crippen LogP contribution in [0.2, 0.25) is 0 Å². The van der Waals surface area contributed by atoms with Crippen LogP contribution in [0.1, 0.15) is 0 Å². The van der Waals surface area contributed by atoms with E-state index >= 15 is 0 Å². The molecule has 3 heteroatoms. The standard InChI is InChI=1S/C14H10.C4H2ClNO/c1-2-6-12-10-14-8-4-3-7-13(14)9-11(12)5-1;1-3(2-6)4(5)7/h1-10H;1H2. The highest BCUT2D eigenvalue weighted by atomic mass is 35.5. The second kappa shape index (κ2) is 6.69. The lowest BCUT2D eigenvalue weighted by molar-refractivity contribution is -0.108. The van der Waals surface area contributed by atoms with E-state index in [-0.39, 0.29) is 5.57 Å². The number of carbonyl (C=O) groups is 1. The van der Waals surface area contributed by atoms with E-state index in [1.807, 2.05) is 0 Å². The number of hydrogen-bond donors (Lipinski definition) is 0. The van der Waals surface area contributed by atoms with E-state index in [9.17, 15) is 4.79 Å². The van der Waals surface area contributed by atoms with Gasteiger partial charge in [0.1, 0.15) is 11.6 Å². The van der Waals surface area contributed by atoms with Crippen LogP contribution in [0.3, 0.4) is 0 Å². The molecule has 0 aromatic heterocycles. The molecule has 21 heavy (non-hydrogen) atoms. The van der Waals surface area contributed by atoms with Crippen molar-refractivity contribution in [2.75, 3.05) is 0 Å². The molecule has 0 amide bonds. The van der Waals surface area contributed by atoms with Crippen LogP contribution in [0.25, 0.3) is 21.5 Å². The third kappa shape index (κ3) is 3.68. The zero-order chi connectivity index (χ0) is 15.2. The van der Waals surface area contributed by atoms with E-state index < -0.39 is 5.24 Å². The van der Waals surface area contributed by atoms with Crippen LogP contribution in [-0.2, 0) is 4.79 Å². The van der Waals surface area contributed by atoms with Gasteiger partial charge in [0.2, 0.25) is 0 Å². The monoisotopic (exact) mass is 293 g/mol. The molecule has 2 nitrogen and oxygen atoms in total. The fraction of sp³-hybridized carbons (Fsp3) is 0. The minimum absolute atomic E-state index is 0.221. The van der Waals surface area contributed by atoms with Crippen LogP contribution in [0.5, 0.6) is 0 Å². The Morgan fingerprint density at radius 1 is 0.905 bits per heavy atom. The van der Waals surface area contributed by atoms with Gasteiger partial charge in [-0.1, -0.05) is 55.1 Å². The summed E-state index contributed by atoms with van der Waals surface area (Å²) in [6.45, 7) is 3.03. The average molecular weight is 294 g/mol. The molecular weight excluding hydrogens is 282 g/mol. The first-order valence-electron chi connectivity index (χ1n) is 6.28. The number of nitrogens with zero attached hydrogens (tertiary/aromatic N) is 1. The molecule has 0 N–H and O–H groups in total. The number of allylic oxidation sites excluding steroid dienone is 1. The van der Waals surface area contributed by atoms with Gasteiger partial charge in [0, 0.05) is 0 Å². The smallest absolute Gasteiger partial charge is 0.262 e. The third-order valence-corrected chi connectivity index (χ3v) is 3.21. The van der Waals surface area contributed by atoms with Gasteiger partial charge in [0.25, 0.3) is 5.24 Å². The molecule has 0 aliphatic carbocycles. The lowest BCUT2D eigenvalue weighted by Gasteiger charge is -2.00. The molecular formula is C18H12ClNO. The summed E-state index contributed by atoms with van der Waals surface area (Å²) >= 11 is 4.77. The first-order chi connectivity index (χ1) is 10.1. The van der Waals surface area contributed by atoms with Gasteiger partial charge in [-0.3, -0.25) is 4.79 Å². The van der Waals surface area contributed by atoms with Gasteiger partial charge in [-0.15, -0.1) is 0 Å². The summed E-state index contributed by atoms with van der Waals surface area (Å²) in [5.74, 6) is 0. The van der Waals surface area contributed by atoms with Crippen molar-refractivity contribution in [1.29, 1.82) is 5.26 Å². The Hall–Kier alpha value is -2.63. The fourth-order valence-electron chi connectivity index (χ4n) is 1.93. The molecule has 0 unspecified atom stereocenters. The van der Waals surface area contributed by atoms with E-state index in [4.69, 9.17) is 16.9 Å². The van der Waals surface area contributed by atoms with Gasteiger partial charge >= 0.3 is 0 Å². The van der Waals surface area contributed by atoms with E-state index in [0.29, 0.717) is 0 Å². The van der Waals surface area contributed by atoms with Crippen molar-refractivity contribution in [2.24, 2.45) is 0 Å². The fourth-order valence-corrected chi connectivity index (χ4v) is 1.97. The predicted molar refractivity (Wildman–Crippen MR) is 87.1 cm³/mol. The van der Waals surface area contributed by atoms with Gasteiger partial charge in [-0.2, -0.15) is 5.26 Å². The highest BCUT2D eigenvalue weighted by molar-refractivity contribution is 6.68. The molecule has 0 saturated carbocycles. The van der Waals surface area contributed by atoms with Gasteiger partial charge in [0.05, 0.1) is 0 Å². The predicted octanol–water partition coefficient (Wildman–Crippen LogP) is 4.82. The van der Waals surface area contributed by atoms with Crippen LogP contribution >= 0.6 is 11.6 Å². The topological polar surface area (TPSA) is 40.9 Å². The highest BCUT2D eigenvalue weighted by Crippen LogP contribution is 2.21. The molecule has 3 rings (SSSR count). The van der Waals surface area contributed by atoms with Gasteiger partial charge < -0.3 is 0 Å². The molecule has 0 saturated heterocycles. The maximum atomic E-state index is 9.82. The molecule has 0 heterocycles. The molecule has 0 aliphatic rings. The van der Waals surface area contributed by atoms with Gasteiger partial charge in [-0.25, -0.2) is 0 Å². The molecule has 0 spiro atoms. The minimum atomic E-state index is -0.789. The number of rotatable bonds is 1. The number of halogens is 1. The number of carbonyl (C=O) groups excluding carboxylic acids is 1. The van der Waals surface area contributed by atoms with Crippen molar-refractivity contribution in [2.45, 2.75) is 0 Å². The molecule has 0 aliphatic heterocycles. The Morgan fingerprint density at radius 3 is 1.43 bits per heavy atom. The molecule has 102 valence electrons. The van der Waals surface area contributed by atoms with Crippen LogP contribution < -0.4 is 0 Å². The van der Waals surface area contributed by atoms with E-state index in [1.165, 1.54) is 27.6 Å². The number of nitriles is 1. The summed E-state index contributed by atoms with van der Waals surface area (Å²) in [6, 6.07) is 22.9. The van der Waals surface area contributed by atoms with Crippen LogP contribution in [-0.4, -0.2) is 5.24 Å². The second-order valence-corrected chi connectivity index (χ2v) is 4.75. The Bertz CT molecular complexity index is 757. The van der Waals surface area contributed by atoms with Gasteiger partial charge in [-0.05, 0) is 45.3 Å². The average Bonchev–Trinajstić information content (AvgIpc) is 2.52. The van der Waals surface area contributed by atoms with E-state index in [0.717, 1.165) is 0 Å². The van der Waals surface area contributed by atoms with Crippen molar-refractivity contribution in [3.05, 3.63) is 72.8 Å². The van der Waals surface area contributed by atoms with Crippen molar-refractivity contribution in [3.8, 4) is 6.07 Å². The molecule has 3 aromatic carbocycles.